The Balaban J connectivity index is 2.52. The van der Waals surface area contributed by atoms with E-state index in [4.69, 9.17) is 11.6 Å². The number of pyridine rings is 1. The molecule has 0 unspecified atom stereocenters. The number of aromatic nitrogens is 1. The molecule has 0 radical (unpaired) electrons. The fourth-order valence-corrected chi connectivity index (χ4v) is 1.17. The maximum absolute atomic E-state index is 11.3. The van der Waals surface area contributed by atoms with E-state index >= 15 is 0 Å². The van der Waals surface area contributed by atoms with Crippen molar-refractivity contribution in [2.75, 3.05) is 11.2 Å². The standard InChI is InChI=1S/C10H13ClN2O/c1-8-4-3-7-12-10(8)13-9(14)5-2-6-11/h3-4,7H,2,5-6H2,1H3,(H,12,13,14). The van der Waals surface area contributed by atoms with Gasteiger partial charge in [0.15, 0.2) is 0 Å². The summed E-state index contributed by atoms with van der Waals surface area (Å²) in [4.78, 5) is 15.4. The topological polar surface area (TPSA) is 42.0 Å². The Hall–Kier alpha value is -1.09. The van der Waals surface area contributed by atoms with Gasteiger partial charge in [0.1, 0.15) is 5.82 Å². The lowest BCUT2D eigenvalue weighted by atomic mass is 10.2. The summed E-state index contributed by atoms with van der Waals surface area (Å²) in [6.07, 6.45) is 2.79. The molecule has 14 heavy (non-hydrogen) atoms. The van der Waals surface area contributed by atoms with Crippen molar-refractivity contribution in [1.82, 2.24) is 4.98 Å². The van der Waals surface area contributed by atoms with Gasteiger partial charge in [-0.05, 0) is 25.0 Å². The van der Waals surface area contributed by atoms with Crippen molar-refractivity contribution in [1.29, 1.82) is 0 Å². The molecule has 76 valence electrons. The zero-order chi connectivity index (χ0) is 10.4. The van der Waals surface area contributed by atoms with E-state index in [-0.39, 0.29) is 5.91 Å². The first-order valence-electron chi connectivity index (χ1n) is 4.51. The van der Waals surface area contributed by atoms with Gasteiger partial charge in [0.2, 0.25) is 5.91 Å². The minimum absolute atomic E-state index is 0.0348. The van der Waals surface area contributed by atoms with Gasteiger partial charge in [0, 0.05) is 18.5 Å². The predicted molar refractivity (Wildman–Crippen MR) is 57.6 cm³/mol. The van der Waals surface area contributed by atoms with Crippen molar-refractivity contribution in [2.45, 2.75) is 19.8 Å². The SMILES string of the molecule is Cc1cccnc1NC(=O)CCCCl. The number of alkyl halides is 1. The van der Waals surface area contributed by atoms with Crippen LogP contribution in [0.3, 0.4) is 0 Å². The van der Waals surface area contributed by atoms with Crippen molar-refractivity contribution < 1.29 is 4.79 Å². The zero-order valence-corrected chi connectivity index (χ0v) is 8.84. The number of carbonyl (C=O) groups excluding carboxylic acids is 1. The Kier molecular flexibility index (Phi) is 4.40. The number of nitrogens with one attached hydrogen (secondary N) is 1. The number of carbonyl (C=O) groups is 1. The fraction of sp³-hybridized carbons (Fsp3) is 0.400. The highest BCUT2D eigenvalue weighted by Crippen LogP contribution is 2.09. The third-order valence-corrected chi connectivity index (χ3v) is 2.07. The predicted octanol–water partition coefficient (Wildman–Crippen LogP) is 2.35. The molecule has 0 spiro atoms. The highest BCUT2D eigenvalue weighted by Gasteiger charge is 2.04. The molecule has 1 aromatic rings. The number of rotatable bonds is 4. The van der Waals surface area contributed by atoms with Crippen LogP contribution < -0.4 is 5.32 Å². The zero-order valence-electron chi connectivity index (χ0n) is 8.09. The van der Waals surface area contributed by atoms with Crippen molar-refractivity contribution in [3.05, 3.63) is 23.9 Å². The molecule has 0 aliphatic rings. The quantitative estimate of drug-likeness (QED) is 0.779. The highest BCUT2D eigenvalue weighted by molar-refractivity contribution is 6.18. The second-order valence-electron chi connectivity index (χ2n) is 3.01. The Morgan fingerprint density at radius 2 is 2.43 bits per heavy atom. The minimum Gasteiger partial charge on any atom is -0.310 e. The molecule has 1 amide bonds. The summed E-state index contributed by atoms with van der Waals surface area (Å²) in [5, 5.41) is 2.74. The van der Waals surface area contributed by atoms with E-state index in [0.717, 1.165) is 5.56 Å². The highest BCUT2D eigenvalue weighted by atomic mass is 35.5. The molecule has 0 saturated carbocycles. The van der Waals surface area contributed by atoms with E-state index < -0.39 is 0 Å². The molecule has 0 aliphatic heterocycles. The van der Waals surface area contributed by atoms with Crippen LogP contribution in [0.25, 0.3) is 0 Å². The summed E-state index contributed by atoms with van der Waals surface area (Å²) in [6, 6.07) is 3.74. The molecule has 3 nitrogen and oxygen atoms in total. The van der Waals surface area contributed by atoms with Gasteiger partial charge in [-0.15, -0.1) is 11.6 Å². The van der Waals surface area contributed by atoms with Crippen molar-refractivity contribution in [2.24, 2.45) is 0 Å². The monoisotopic (exact) mass is 212 g/mol. The molecule has 0 saturated heterocycles. The summed E-state index contributed by atoms with van der Waals surface area (Å²) in [5.74, 6) is 1.11. The third-order valence-electron chi connectivity index (χ3n) is 1.80. The number of halogens is 1. The molecular weight excluding hydrogens is 200 g/mol. The lowest BCUT2D eigenvalue weighted by molar-refractivity contribution is -0.116. The third kappa shape index (κ3) is 3.34. The largest absolute Gasteiger partial charge is 0.310 e. The van der Waals surface area contributed by atoms with Crippen LogP contribution in [0.4, 0.5) is 5.82 Å². The molecular formula is C10H13ClN2O. The van der Waals surface area contributed by atoms with Crippen LogP contribution in [0.15, 0.2) is 18.3 Å². The molecule has 0 aromatic carbocycles. The Labute approximate surface area is 88.5 Å². The number of anilines is 1. The molecule has 1 aromatic heterocycles. The van der Waals surface area contributed by atoms with E-state index in [9.17, 15) is 4.79 Å². The summed E-state index contributed by atoms with van der Waals surface area (Å²) in [5.41, 5.74) is 0.965. The number of hydrogen-bond acceptors (Lipinski definition) is 2. The Bertz CT molecular complexity index is 315. The van der Waals surface area contributed by atoms with Crippen LogP contribution in [0.5, 0.6) is 0 Å². The Morgan fingerprint density at radius 1 is 1.64 bits per heavy atom. The average molecular weight is 213 g/mol. The normalized spacial score (nSPS) is 9.86. The number of amides is 1. The van der Waals surface area contributed by atoms with Crippen molar-refractivity contribution >= 4 is 23.3 Å². The van der Waals surface area contributed by atoms with E-state index in [1.54, 1.807) is 6.20 Å². The first-order valence-corrected chi connectivity index (χ1v) is 5.05. The second kappa shape index (κ2) is 5.60. The van der Waals surface area contributed by atoms with Gasteiger partial charge in [0.05, 0.1) is 0 Å². The fourth-order valence-electron chi connectivity index (χ4n) is 1.04. The maximum atomic E-state index is 11.3. The van der Waals surface area contributed by atoms with Gasteiger partial charge in [0.25, 0.3) is 0 Å². The van der Waals surface area contributed by atoms with Crippen LogP contribution in [-0.4, -0.2) is 16.8 Å². The van der Waals surface area contributed by atoms with Crippen LogP contribution >= 0.6 is 11.6 Å². The summed E-state index contributed by atoms with van der Waals surface area (Å²) in [7, 11) is 0. The van der Waals surface area contributed by atoms with E-state index in [0.29, 0.717) is 24.5 Å². The molecule has 0 atom stereocenters. The van der Waals surface area contributed by atoms with Gasteiger partial charge < -0.3 is 5.32 Å². The molecule has 1 heterocycles. The van der Waals surface area contributed by atoms with Crippen molar-refractivity contribution in [3.63, 3.8) is 0 Å². The van der Waals surface area contributed by atoms with E-state index in [1.165, 1.54) is 0 Å². The number of nitrogens with zero attached hydrogens (tertiary/aromatic N) is 1. The minimum atomic E-state index is -0.0348. The van der Waals surface area contributed by atoms with Gasteiger partial charge in [-0.3, -0.25) is 4.79 Å². The average Bonchev–Trinajstić information content (AvgIpc) is 2.18. The first kappa shape index (κ1) is 11.0. The lowest BCUT2D eigenvalue weighted by Crippen LogP contribution is -2.13. The van der Waals surface area contributed by atoms with Crippen LogP contribution in [-0.2, 0) is 4.79 Å². The van der Waals surface area contributed by atoms with Gasteiger partial charge in [-0.2, -0.15) is 0 Å². The van der Waals surface area contributed by atoms with Crippen molar-refractivity contribution in [3.8, 4) is 0 Å². The van der Waals surface area contributed by atoms with Crippen LogP contribution in [0, 0.1) is 6.92 Å². The maximum Gasteiger partial charge on any atom is 0.225 e. The van der Waals surface area contributed by atoms with Crippen LogP contribution in [0.2, 0.25) is 0 Å². The summed E-state index contributed by atoms with van der Waals surface area (Å²) >= 11 is 5.48. The molecule has 0 fully saturated rings. The van der Waals surface area contributed by atoms with Gasteiger partial charge in [-0.1, -0.05) is 6.07 Å². The summed E-state index contributed by atoms with van der Waals surface area (Å²) < 4.78 is 0. The first-order chi connectivity index (χ1) is 6.74. The van der Waals surface area contributed by atoms with Gasteiger partial charge >= 0.3 is 0 Å². The smallest absolute Gasteiger partial charge is 0.225 e. The lowest BCUT2D eigenvalue weighted by Gasteiger charge is -2.05. The molecule has 0 aliphatic carbocycles. The molecule has 0 bridgehead atoms. The number of hydrogen-bond donors (Lipinski definition) is 1. The second-order valence-corrected chi connectivity index (χ2v) is 3.39. The Morgan fingerprint density at radius 3 is 3.07 bits per heavy atom. The van der Waals surface area contributed by atoms with E-state index in [1.807, 2.05) is 19.1 Å². The van der Waals surface area contributed by atoms with E-state index in [2.05, 4.69) is 10.3 Å². The molecule has 1 N–H and O–H groups in total. The summed E-state index contributed by atoms with van der Waals surface area (Å²) in [6.45, 7) is 1.91. The van der Waals surface area contributed by atoms with Crippen LogP contribution in [0.1, 0.15) is 18.4 Å². The van der Waals surface area contributed by atoms with Gasteiger partial charge in [-0.25, -0.2) is 4.98 Å². The molecule has 1 rings (SSSR count). The molecule has 4 heteroatoms. The number of aryl methyl sites for hydroxylation is 1.